The lowest BCUT2D eigenvalue weighted by Crippen LogP contribution is -2.18. The summed E-state index contributed by atoms with van der Waals surface area (Å²) in [6.45, 7) is 0. The molecule has 0 bridgehead atoms. The molecule has 0 atom stereocenters. The molecular formula is C15H7F5N2O3S. The van der Waals surface area contributed by atoms with Crippen molar-refractivity contribution in [3.05, 3.63) is 65.0 Å². The largest absolute Gasteiger partial charge is 0.317 e. The molecule has 1 aliphatic rings. The van der Waals surface area contributed by atoms with Crippen molar-refractivity contribution in [2.45, 2.75) is 4.90 Å². The molecule has 26 heavy (non-hydrogen) atoms. The van der Waals surface area contributed by atoms with Gasteiger partial charge < -0.3 is 5.32 Å². The minimum absolute atomic E-state index is 0.111. The first-order valence-corrected chi connectivity index (χ1v) is 8.28. The summed E-state index contributed by atoms with van der Waals surface area (Å²) in [7, 11) is -3.92. The van der Waals surface area contributed by atoms with Crippen LogP contribution in [0.25, 0.3) is 5.70 Å². The molecule has 0 spiro atoms. The minimum atomic E-state index is -3.92. The van der Waals surface area contributed by atoms with E-state index in [-0.39, 0.29) is 16.2 Å². The maximum Gasteiger partial charge on any atom is 0.262 e. The number of sulfonamides is 1. The number of anilines is 1. The molecule has 136 valence electrons. The molecule has 11 heteroatoms. The molecule has 2 aromatic carbocycles. The third-order valence-electron chi connectivity index (χ3n) is 3.44. The normalized spacial score (nSPS) is 16.3. The zero-order chi connectivity index (χ0) is 19.2. The second-order valence-electron chi connectivity index (χ2n) is 5.09. The van der Waals surface area contributed by atoms with Gasteiger partial charge in [0.05, 0.1) is 10.6 Å². The van der Waals surface area contributed by atoms with Crippen molar-refractivity contribution in [3.8, 4) is 0 Å². The number of nitrogens with one attached hydrogen (secondary N) is 2. The van der Waals surface area contributed by atoms with Crippen molar-refractivity contribution in [2.24, 2.45) is 0 Å². The maximum atomic E-state index is 13.6. The van der Waals surface area contributed by atoms with Gasteiger partial charge in [-0.05, 0) is 6.07 Å². The number of amides is 1. The van der Waals surface area contributed by atoms with E-state index in [0.29, 0.717) is 6.08 Å². The number of halogens is 5. The van der Waals surface area contributed by atoms with Crippen LogP contribution in [0.4, 0.5) is 27.6 Å². The van der Waals surface area contributed by atoms with E-state index >= 15 is 0 Å². The van der Waals surface area contributed by atoms with E-state index in [2.05, 4.69) is 4.72 Å². The summed E-state index contributed by atoms with van der Waals surface area (Å²) in [4.78, 5) is 11.8. The van der Waals surface area contributed by atoms with Crippen LogP contribution in [-0.4, -0.2) is 14.3 Å². The molecule has 2 aromatic rings. The second-order valence-corrected chi connectivity index (χ2v) is 6.74. The molecule has 1 aliphatic heterocycles. The standard InChI is InChI=1S/C15H7F5N2O3S/c16-10-11(17)13(19)15(14(20)12(10)18)21-9(23)5-7-6-3-1-2-4-8(6)26(24,25)22-7/h1-5,22H,(H,21,23). The first kappa shape index (κ1) is 17.9. The van der Waals surface area contributed by atoms with Crippen molar-refractivity contribution in [2.75, 3.05) is 5.32 Å². The van der Waals surface area contributed by atoms with Crippen molar-refractivity contribution < 1.29 is 35.2 Å². The zero-order valence-corrected chi connectivity index (χ0v) is 13.2. The quantitative estimate of drug-likeness (QED) is 0.358. The third kappa shape index (κ3) is 2.79. The van der Waals surface area contributed by atoms with Crippen LogP contribution in [0.1, 0.15) is 5.56 Å². The van der Waals surface area contributed by atoms with Gasteiger partial charge in [0.1, 0.15) is 5.69 Å². The van der Waals surface area contributed by atoms with Gasteiger partial charge in [-0.2, -0.15) is 0 Å². The molecule has 0 aliphatic carbocycles. The van der Waals surface area contributed by atoms with Gasteiger partial charge in [0.25, 0.3) is 15.9 Å². The van der Waals surface area contributed by atoms with Crippen LogP contribution in [0, 0.1) is 29.1 Å². The lowest BCUT2D eigenvalue weighted by molar-refractivity contribution is -0.111. The molecule has 0 fully saturated rings. The molecule has 5 nitrogen and oxygen atoms in total. The van der Waals surface area contributed by atoms with E-state index in [1.807, 2.05) is 0 Å². The van der Waals surface area contributed by atoms with E-state index < -0.39 is 50.7 Å². The monoisotopic (exact) mass is 390 g/mol. The number of hydrogen-bond donors (Lipinski definition) is 2. The predicted molar refractivity (Wildman–Crippen MR) is 79.6 cm³/mol. The lowest BCUT2D eigenvalue weighted by Gasteiger charge is -2.08. The number of carbonyl (C=O) groups excluding carboxylic acids is 1. The Kier molecular flexibility index (Phi) is 4.18. The molecule has 2 N–H and O–H groups in total. The molecule has 0 saturated carbocycles. The van der Waals surface area contributed by atoms with E-state index in [9.17, 15) is 35.2 Å². The summed E-state index contributed by atoms with van der Waals surface area (Å²) in [5.74, 6) is -12.6. The van der Waals surface area contributed by atoms with Crippen LogP contribution in [0.2, 0.25) is 0 Å². The molecule has 1 heterocycles. The molecule has 0 saturated heterocycles. The number of benzene rings is 2. The molecule has 0 radical (unpaired) electrons. The van der Waals surface area contributed by atoms with Gasteiger partial charge in [0.15, 0.2) is 23.3 Å². The Morgan fingerprint density at radius 1 is 0.923 bits per heavy atom. The van der Waals surface area contributed by atoms with Crippen molar-refractivity contribution in [1.82, 2.24) is 4.72 Å². The van der Waals surface area contributed by atoms with Crippen molar-refractivity contribution >= 4 is 27.3 Å². The first-order chi connectivity index (χ1) is 12.1. The summed E-state index contributed by atoms with van der Waals surface area (Å²) >= 11 is 0. The Bertz CT molecular complexity index is 1050. The van der Waals surface area contributed by atoms with E-state index in [1.165, 1.54) is 29.6 Å². The van der Waals surface area contributed by atoms with Crippen molar-refractivity contribution in [3.63, 3.8) is 0 Å². The number of rotatable bonds is 2. The van der Waals surface area contributed by atoms with E-state index in [4.69, 9.17) is 0 Å². The highest BCUT2D eigenvalue weighted by molar-refractivity contribution is 7.90. The number of carbonyl (C=O) groups is 1. The highest BCUT2D eigenvalue weighted by Gasteiger charge is 2.30. The minimum Gasteiger partial charge on any atom is -0.317 e. The Balaban J connectivity index is 1.98. The van der Waals surface area contributed by atoms with Crippen LogP contribution >= 0.6 is 0 Å². The van der Waals surface area contributed by atoms with Gasteiger partial charge in [-0.3, -0.25) is 9.52 Å². The summed E-state index contributed by atoms with van der Waals surface area (Å²) in [5.41, 5.74) is -1.65. The molecular weight excluding hydrogens is 383 g/mol. The van der Waals surface area contributed by atoms with Gasteiger partial charge in [0, 0.05) is 11.6 Å². The van der Waals surface area contributed by atoms with Crippen molar-refractivity contribution in [1.29, 1.82) is 0 Å². The summed E-state index contributed by atoms with van der Waals surface area (Å²) in [6.07, 6.45) is 0.626. The van der Waals surface area contributed by atoms with Crippen LogP contribution in [0.3, 0.4) is 0 Å². The second kappa shape index (κ2) is 6.09. The van der Waals surface area contributed by atoms with E-state index in [0.717, 1.165) is 0 Å². The molecule has 0 aromatic heterocycles. The molecule has 1 amide bonds. The average Bonchev–Trinajstić information content (AvgIpc) is 2.86. The lowest BCUT2D eigenvalue weighted by atomic mass is 10.1. The fourth-order valence-corrected chi connectivity index (χ4v) is 3.58. The SMILES string of the molecule is O=C(C=C1NS(=O)(=O)c2ccccc21)Nc1c(F)c(F)c(F)c(F)c1F. The topological polar surface area (TPSA) is 75.3 Å². The van der Waals surface area contributed by atoms with E-state index in [1.54, 1.807) is 0 Å². The zero-order valence-electron chi connectivity index (χ0n) is 12.4. The Labute approximate surface area is 143 Å². The number of hydrogen-bond acceptors (Lipinski definition) is 3. The molecule has 3 rings (SSSR count). The number of fused-ring (bicyclic) bond motifs is 1. The first-order valence-electron chi connectivity index (χ1n) is 6.80. The van der Waals surface area contributed by atoms with Crippen LogP contribution in [0.15, 0.2) is 35.2 Å². The van der Waals surface area contributed by atoms with Gasteiger partial charge >= 0.3 is 0 Å². The highest BCUT2D eigenvalue weighted by Crippen LogP contribution is 2.30. The predicted octanol–water partition coefficient (Wildman–Crippen LogP) is 2.65. The van der Waals surface area contributed by atoms with Gasteiger partial charge in [0.2, 0.25) is 5.82 Å². The van der Waals surface area contributed by atoms with Gasteiger partial charge in [-0.25, -0.2) is 30.4 Å². The Morgan fingerprint density at radius 2 is 1.46 bits per heavy atom. The van der Waals surface area contributed by atoms with Gasteiger partial charge in [-0.15, -0.1) is 0 Å². The Hall–Kier alpha value is -2.95. The fraction of sp³-hybridized carbons (Fsp3) is 0. The fourth-order valence-electron chi connectivity index (χ4n) is 2.29. The van der Waals surface area contributed by atoms with Crippen LogP contribution < -0.4 is 10.0 Å². The highest BCUT2D eigenvalue weighted by atomic mass is 32.2. The maximum absolute atomic E-state index is 13.6. The van der Waals surface area contributed by atoms with Crippen LogP contribution in [-0.2, 0) is 14.8 Å². The summed E-state index contributed by atoms with van der Waals surface area (Å²) in [5, 5.41) is 1.53. The smallest absolute Gasteiger partial charge is 0.262 e. The van der Waals surface area contributed by atoms with Gasteiger partial charge in [-0.1, -0.05) is 18.2 Å². The molecule has 0 unspecified atom stereocenters. The summed E-state index contributed by atoms with van der Waals surface area (Å²) in [6, 6.07) is 5.55. The summed E-state index contributed by atoms with van der Waals surface area (Å²) < 4.78 is 92.2. The third-order valence-corrected chi connectivity index (χ3v) is 4.87. The van der Waals surface area contributed by atoms with Crippen LogP contribution in [0.5, 0.6) is 0 Å². The average molecular weight is 390 g/mol. The Morgan fingerprint density at radius 3 is 2.08 bits per heavy atom.